The molecule has 0 radical (unpaired) electrons. The molecular weight excluding hydrogens is 436 g/mol. The molecule has 2 aromatic rings. The molecule has 3 N–H and O–H groups in total. The Bertz CT molecular complexity index is 1030. The first-order valence-corrected chi connectivity index (χ1v) is 11.6. The first kappa shape index (κ1) is 23.8. The van der Waals surface area contributed by atoms with Gasteiger partial charge >= 0.3 is 12.1 Å². The molecule has 1 heterocycles. The zero-order valence-electron chi connectivity index (χ0n) is 19.1. The number of amides is 2. The molecule has 2 amide bonds. The van der Waals surface area contributed by atoms with E-state index in [2.05, 4.69) is 17.4 Å². The third-order valence-electron chi connectivity index (χ3n) is 6.81. The van der Waals surface area contributed by atoms with Crippen LogP contribution < -0.4 is 5.32 Å². The summed E-state index contributed by atoms with van der Waals surface area (Å²) in [6.45, 7) is 2.58. The maximum Gasteiger partial charge on any atom is 0.407 e. The first-order chi connectivity index (χ1) is 16.3. The predicted octanol–water partition coefficient (Wildman–Crippen LogP) is 2.85. The Kier molecular flexibility index (Phi) is 7.17. The van der Waals surface area contributed by atoms with E-state index >= 15 is 0 Å². The number of rotatable bonds is 7. The topological polar surface area (TPSA) is 116 Å². The smallest absolute Gasteiger partial charge is 0.407 e. The van der Waals surface area contributed by atoms with Gasteiger partial charge in [0.05, 0.1) is 18.4 Å². The fraction of sp³-hybridized carbons (Fsp3) is 0.423. The first-order valence-electron chi connectivity index (χ1n) is 11.6. The molecule has 34 heavy (non-hydrogen) atoms. The van der Waals surface area contributed by atoms with Crippen molar-refractivity contribution in [2.75, 3.05) is 26.2 Å². The van der Waals surface area contributed by atoms with Gasteiger partial charge in [0.2, 0.25) is 5.91 Å². The number of likely N-dealkylation sites (tertiary alicyclic amines) is 1. The Hall–Kier alpha value is -3.39. The molecular formula is C26H30N2O6. The van der Waals surface area contributed by atoms with Gasteiger partial charge in [-0.15, -0.1) is 0 Å². The van der Waals surface area contributed by atoms with Crippen LogP contribution in [0.3, 0.4) is 0 Å². The number of aliphatic carboxylic acids is 1. The van der Waals surface area contributed by atoms with Gasteiger partial charge in [0, 0.05) is 25.6 Å². The molecule has 2 aromatic carbocycles. The van der Waals surface area contributed by atoms with Crippen LogP contribution in [0.1, 0.15) is 36.8 Å². The molecule has 1 saturated heterocycles. The number of carbonyl (C=O) groups excluding carboxylic acids is 2. The summed E-state index contributed by atoms with van der Waals surface area (Å²) < 4.78 is 5.45. The van der Waals surface area contributed by atoms with Gasteiger partial charge in [-0.2, -0.15) is 0 Å². The molecule has 0 saturated carbocycles. The fourth-order valence-corrected chi connectivity index (χ4v) is 4.99. The molecule has 1 aliphatic heterocycles. The van der Waals surface area contributed by atoms with Crippen LogP contribution in [-0.4, -0.2) is 65.4 Å². The molecule has 4 rings (SSSR count). The monoisotopic (exact) mass is 466 g/mol. The number of nitrogens with zero attached hydrogens (tertiary/aromatic N) is 1. The van der Waals surface area contributed by atoms with Gasteiger partial charge in [-0.3, -0.25) is 9.59 Å². The van der Waals surface area contributed by atoms with E-state index in [9.17, 15) is 24.6 Å². The minimum absolute atomic E-state index is 0.0552. The quantitative estimate of drug-likeness (QED) is 0.578. The predicted molar refractivity (Wildman–Crippen MR) is 125 cm³/mol. The van der Waals surface area contributed by atoms with Gasteiger partial charge in [0.25, 0.3) is 0 Å². The number of hydrogen-bond acceptors (Lipinski definition) is 5. The maximum atomic E-state index is 12.5. The summed E-state index contributed by atoms with van der Waals surface area (Å²) in [5, 5.41) is 22.0. The van der Waals surface area contributed by atoms with Crippen molar-refractivity contribution < 1.29 is 29.3 Å². The van der Waals surface area contributed by atoms with Crippen molar-refractivity contribution in [3.63, 3.8) is 0 Å². The van der Waals surface area contributed by atoms with E-state index in [-0.39, 0.29) is 37.3 Å². The average molecular weight is 467 g/mol. The lowest BCUT2D eigenvalue weighted by Gasteiger charge is -2.35. The van der Waals surface area contributed by atoms with Crippen LogP contribution in [0, 0.1) is 11.8 Å². The molecule has 0 spiro atoms. The Morgan fingerprint density at radius 3 is 2.29 bits per heavy atom. The third kappa shape index (κ3) is 5.07. The van der Waals surface area contributed by atoms with Gasteiger partial charge in [0.1, 0.15) is 6.61 Å². The van der Waals surface area contributed by atoms with E-state index in [1.165, 1.54) is 0 Å². The van der Waals surface area contributed by atoms with Gasteiger partial charge in [0.15, 0.2) is 0 Å². The Morgan fingerprint density at radius 1 is 1.09 bits per heavy atom. The van der Waals surface area contributed by atoms with Crippen LogP contribution in [0.25, 0.3) is 11.1 Å². The fourth-order valence-electron chi connectivity index (χ4n) is 4.99. The zero-order chi connectivity index (χ0) is 24.2. The SMILES string of the molecule is CC1CN(C(=O)CC(O)CNC(=O)OCC2c3ccccc3-c3ccccc32)CCC1C(=O)O. The normalized spacial score (nSPS) is 20.2. The number of ether oxygens (including phenoxy) is 1. The lowest BCUT2D eigenvalue weighted by molar-refractivity contribution is -0.148. The summed E-state index contributed by atoms with van der Waals surface area (Å²) in [4.78, 5) is 37.6. The van der Waals surface area contributed by atoms with Crippen molar-refractivity contribution in [1.82, 2.24) is 10.2 Å². The van der Waals surface area contributed by atoms with Crippen molar-refractivity contribution in [3.8, 4) is 11.1 Å². The highest BCUT2D eigenvalue weighted by Gasteiger charge is 2.33. The lowest BCUT2D eigenvalue weighted by atomic mass is 9.87. The summed E-state index contributed by atoms with van der Waals surface area (Å²) in [5.74, 6) is -1.75. The van der Waals surface area contributed by atoms with Crippen molar-refractivity contribution in [2.24, 2.45) is 11.8 Å². The summed E-state index contributed by atoms with van der Waals surface area (Å²) in [5.41, 5.74) is 4.51. The minimum atomic E-state index is -1.06. The average Bonchev–Trinajstić information content (AvgIpc) is 3.15. The standard InChI is InChI=1S/C26H30N2O6/c1-16-14-28(11-10-18(16)25(31)32)24(30)12-17(29)13-27-26(33)34-15-23-21-8-4-2-6-19(21)20-7-3-5-9-22(20)23/h2-9,16-18,23,29H,10-15H2,1H3,(H,27,33)(H,31,32). The summed E-state index contributed by atoms with van der Waals surface area (Å²) in [7, 11) is 0. The van der Waals surface area contributed by atoms with Crippen LogP contribution in [0.15, 0.2) is 48.5 Å². The highest BCUT2D eigenvalue weighted by Crippen LogP contribution is 2.44. The van der Waals surface area contributed by atoms with E-state index in [0.717, 1.165) is 22.3 Å². The molecule has 8 nitrogen and oxygen atoms in total. The third-order valence-corrected chi connectivity index (χ3v) is 6.81. The minimum Gasteiger partial charge on any atom is -0.481 e. The number of carboxylic acids is 1. The summed E-state index contributed by atoms with van der Waals surface area (Å²) >= 11 is 0. The second-order valence-corrected chi connectivity index (χ2v) is 9.11. The van der Waals surface area contributed by atoms with E-state index < -0.39 is 24.1 Å². The molecule has 3 atom stereocenters. The summed E-state index contributed by atoms with van der Waals surface area (Å²) in [6, 6.07) is 16.1. The number of aliphatic hydroxyl groups excluding tert-OH is 1. The second kappa shape index (κ2) is 10.3. The van der Waals surface area contributed by atoms with E-state index in [1.807, 2.05) is 43.3 Å². The number of carbonyl (C=O) groups is 3. The molecule has 1 aliphatic carbocycles. The Balaban J connectivity index is 1.23. The molecule has 0 aromatic heterocycles. The zero-order valence-corrected chi connectivity index (χ0v) is 19.1. The Labute approximate surface area is 198 Å². The highest BCUT2D eigenvalue weighted by atomic mass is 16.5. The van der Waals surface area contributed by atoms with Gasteiger partial charge in [-0.25, -0.2) is 4.79 Å². The highest BCUT2D eigenvalue weighted by molar-refractivity contribution is 5.79. The van der Waals surface area contributed by atoms with E-state index in [1.54, 1.807) is 4.90 Å². The number of benzene rings is 2. The number of hydrogen-bond donors (Lipinski definition) is 3. The van der Waals surface area contributed by atoms with Crippen LogP contribution in [0.4, 0.5) is 4.79 Å². The van der Waals surface area contributed by atoms with Crippen molar-refractivity contribution in [3.05, 3.63) is 59.7 Å². The number of nitrogens with one attached hydrogen (secondary N) is 1. The van der Waals surface area contributed by atoms with E-state index in [0.29, 0.717) is 19.5 Å². The lowest BCUT2D eigenvalue weighted by Crippen LogP contribution is -2.46. The second-order valence-electron chi connectivity index (χ2n) is 9.11. The van der Waals surface area contributed by atoms with Gasteiger partial charge in [-0.05, 0) is 34.6 Å². The molecule has 180 valence electrons. The molecule has 1 fully saturated rings. The number of carboxylic acid groups (broad SMARTS) is 1. The number of piperidine rings is 1. The van der Waals surface area contributed by atoms with E-state index in [4.69, 9.17) is 4.74 Å². The van der Waals surface area contributed by atoms with Crippen molar-refractivity contribution >= 4 is 18.0 Å². The molecule has 3 unspecified atom stereocenters. The van der Waals surface area contributed by atoms with Gasteiger partial charge in [-0.1, -0.05) is 55.5 Å². The van der Waals surface area contributed by atoms with Crippen molar-refractivity contribution in [2.45, 2.75) is 31.8 Å². The summed E-state index contributed by atoms with van der Waals surface area (Å²) in [6.07, 6.45) is -1.45. The van der Waals surface area contributed by atoms with Crippen LogP contribution in [-0.2, 0) is 14.3 Å². The number of aliphatic hydroxyl groups is 1. The van der Waals surface area contributed by atoms with Crippen LogP contribution in [0.5, 0.6) is 0 Å². The number of fused-ring (bicyclic) bond motifs is 3. The Morgan fingerprint density at radius 2 is 1.71 bits per heavy atom. The largest absolute Gasteiger partial charge is 0.481 e. The van der Waals surface area contributed by atoms with Crippen molar-refractivity contribution in [1.29, 1.82) is 0 Å². The van der Waals surface area contributed by atoms with Crippen LogP contribution in [0.2, 0.25) is 0 Å². The number of alkyl carbamates (subject to hydrolysis) is 1. The van der Waals surface area contributed by atoms with Crippen LogP contribution >= 0.6 is 0 Å². The molecule has 2 aliphatic rings. The molecule has 8 heteroatoms. The van der Waals surface area contributed by atoms with Gasteiger partial charge < -0.3 is 25.2 Å². The maximum absolute atomic E-state index is 12.5. The molecule has 0 bridgehead atoms.